The topological polar surface area (TPSA) is 0 Å². The minimum absolute atomic E-state index is 0.986. The average Bonchev–Trinajstić information content (AvgIpc) is 2.02. The molecule has 78 valence electrons. The SMILES string of the molecule is C/C=C(\CCCCCC)[Si](C)(C)C. The van der Waals surface area contributed by atoms with Crippen LogP contribution in [0.2, 0.25) is 19.6 Å². The van der Waals surface area contributed by atoms with Gasteiger partial charge in [0.2, 0.25) is 0 Å². The van der Waals surface area contributed by atoms with Crippen molar-refractivity contribution in [3.63, 3.8) is 0 Å². The molecule has 0 aliphatic heterocycles. The monoisotopic (exact) mass is 198 g/mol. The molecule has 0 aromatic heterocycles. The van der Waals surface area contributed by atoms with E-state index in [4.69, 9.17) is 0 Å². The van der Waals surface area contributed by atoms with Crippen LogP contribution in [-0.4, -0.2) is 8.07 Å². The predicted octanol–water partition coefficient (Wildman–Crippen LogP) is 4.78. The first-order chi connectivity index (χ1) is 6.02. The Morgan fingerprint density at radius 1 is 1.08 bits per heavy atom. The van der Waals surface area contributed by atoms with Crippen molar-refractivity contribution in [1.82, 2.24) is 0 Å². The number of rotatable bonds is 6. The largest absolute Gasteiger partial charge is 0.0923 e. The maximum Gasteiger partial charge on any atom is 0.0720 e. The van der Waals surface area contributed by atoms with Crippen molar-refractivity contribution in [3.05, 3.63) is 11.3 Å². The van der Waals surface area contributed by atoms with Crippen molar-refractivity contribution in [3.8, 4) is 0 Å². The van der Waals surface area contributed by atoms with Crippen LogP contribution in [0.3, 0.4) is 0 Å². The smallest absolute Gasteiger partial charge is 0.0720 e. The maximum atomic E-state index is 2.45. The molecule has 0 spiro atoms. The molecule has 0 nitrogen and oxygen atoms in total. The Kier molecular flexibility index (Phi) is 6.40. The summed E-state index contributed by atoms with van der Waals surface area (Å²) in [6.45, 7) is 11.8. The van der Waals surface area contributed by atoms with Gasteiger partial charge in [-0.15, -0.1) is 0 Å². The minimum Gasteiger partial charge on any atom is -0.0923 e. The molecular weight excluding hydrogens is 172 g/mol. The highest BCUT2D eigenvalue weighted by Crippen LogP contribution is 2.20. The Morgan fingerprint density at radius 2 is 1.69 bits per heavy atom. The van der Waals surface area contributed by atoms with Crippen LogP contribution in [0.25, 0.3) is 0 Å². The van der Waals surface area contributed by atoms with Gasteiger partial charge >= 0.3 is 0 Å². The van der Waals surface area contributed by atoms with E-state index in [0.717, 1.165) is 0 Å². The molecule has 0 saturated heterocycles. The van der Waals surface area contributed by atoms with Crippen LogP contribution in [0.15, 0.2) is 11.3 Å². The van der Waals surface area contributed by atoms with E-state index in [0.29, 0.717) is 0 Å². The number of hydrogen-bond acceptors (Lipinski definition) is 0. The van der Waals surface area contributed by atoms with E-state index in [2.05, 4.69) is 39.6 Å². The van der Waals surface area contributed by atoms with E-state index in [9.17, 15) is 0 Å². The highest BCUT2D eigenvalue weighted by atomic mass is 28.3. The molecule has 0 aromatic carbocycles. The van der Waals surface area contributed by atoms with Gasteiger partial charge in [0.1, 0.15) is 0 Å². The highest BCUT2D eigenvalue weighted by molar-refractivity contribution is 6.83. The fourth-order valence-corrected chi connectivity index (χ4v) is 3.49. The average molecular weight is 198 g/mol. The zero-order valence-corrected chi connectivity index (χ0v) is 11.1. The van der Waals surface area contributed by atoms with Crippen LogP contribution >= 0.6 is 0 Å². The van der Waals surface area contributed by atoms with E-state index >= 15 is 0 Å². The molecule has 1 heteroatoms. The molecule has 0 rings (SSSR count). The lowest BCUT2D eigenvalue weighted by atomic mass is 10.1. The molecule has 13 heavy (non-hydrogen) atoms. The van der Waals surface area contributed by atoms with E-state index in [1.54, 1.807) is 5.20 Å². The lowest BCUT2D eigenvalue weighted by Gasteiger charge is -2.20. The van der Waals surface area contributed by atoms with Crippen LogP contribution in [0, 0.1) is 0 Å². The normalized spacial score (nSPS) is 13.5. The predicted molar refractivity (Wildman–Crippen MR) is 65.9 cm³/mol. The Bertz CT molecular complexity index is 151. The Balaban J connectivity index is 3.76. The molecule has 0 bridgehead atoms. The summed E-state index contributed by atoms with van der Waals surface area (Å²) in [7, 11) is -0.986. The van der Waals surface area contributed by atoms with Gasteiger partial charge in [-0.25, -0.2) is 0 Å². The third-order valence-electron chi connectivity index (χ3n) is 2.61. The van der Waals surface area contributed by atoms with E-state index in [1.165, 1.54) is 32.1 Å². The highest BCUT2D eigenvalue weighted by Gasteiger charge is 2.17. The zero-order chi connectivity index (χ0) is 10.3. The number of hydrogen-bond donors (Lipinski definition) is 0. The Morgan fingerprint density at radius 3 is 2.08 bits per heavy atom. The number of allylic oxidation sites excluding steroid dienone is 2. The fourth-order valence-electron chi connectivity index (χ4n) is 1.69. The van der Waals surface area contributed by atoms with Gasteiger partial charge in [0, 0.05) is 0 Å². The summed E-state index contributed by atoms with van der Waals surface area (Å²) in [5.41, 5.74) is 0. The molecule has 0 atom stereocenters. The standard InChI is InChI=1S/C12H26Si/c1-6-8-9-10-11-12(7-2)13(3,4)5/h7H,6,8-11H2,1-5H3/b12-7+. The van der Waals surface area contributed by atoms with Gasteiger partial charge in [0.05, 0.1) is 8.07 Å². The minimum atomic E-state index is -0.986. The molecular formula is C12H26Si. The van der Waals surface area contributed by atoms with Crippen molar-refractivity contribution >= 4 is 8.07 Å². The van der Waals surface area contributed by atoms with Crippen molar-refractivity contribution in [2.24, 2.45) is 0 Å². The van der Waals surface area contributed by atoms with Crippen molar-refractivity contribution < 1.29 is 0 Å². The lowest BCUT2D eigenvalue weighted by molar-refractivity contribution is 0.670. The van der Waals surface area contributed by atoms with Gasteiger partial charge in [0.25, 0.3) is 0 Å². The van der Waals surface area contributed by atoms with Crippen LogP contribution in [0.1, 0.15) is 46.0 Å². The van der Waals surface area contributed by atoms with Gasteiger partial charge in [-0.05, 0) is 19.8 Å². The number of unbranched alkanes of at least 4 members (excludes halogenated alkanes) is 3. The summed E-state index contributed by atoms with van der Waals surface area (Å²) in [6, 6.07) is 0. The molecule has 0 aromatic rings. The first kappa shape index (κ1) is 13.0. The van der Waals surface area contributed by atoms with E-state index in [-0.39, 0.29) is 0 Å². The van der Waals surface area contributed by atoms with Crippen LogP contribution in [0.5, 0.6) is 0 Å². The van der Waals surface area contributed by atoms with Crippen LogP contribution < -0.4 is 0 Å². The van der Waals surface area contributed by atoms with Crippen LogP contribution in [0.4, 0.5) is 0 Å². The van der Waals surface area contributed by atoms with Gasteiger partial charge in [-0.2, -0.15) is 0 Å². The molecule has 0 unspecified atom stereocenters. The van der Waals surface area contributed by atoms with Gasteiger partial charge in [0.15, 0.2) is 0 Å². The second kappa shape index (κ2) is 6.42. The molecule has 0 aliphatic carbocycles. The Hall–Kier alpha value is -0.0431. The summed E-state index contributed by atoms with van der Waals surface area (Å²) in [6.07, 6.45) is 9.28. The van der Waals surface area contributed by atoms with E-state index in [1.807, 2.05) is 0 Å². The molecule has 0 N–H and O–H groups in total. The van der Waals surface area contributed by atoms with Gasteiger partial charge in [-0.3, -0.25) is 0 Å². The third-order valence-corrected chi connectivity index (χ3v) is 5.08. The fraction of sp³-hybridized carbons (Fsp3) is 0.833. The van der Waals surface area contributed by atoms with E-state index < -0.39 is 8.07 Å². The van der Waals surface area contributed by atoms with Crippen molar-refractivity contribution in [2.45, 2.75) is 65.6 Å². The molecule has 0 aliphatic rings. The lowest BCUT2D eigenvalue weighted by Crippen LogP contribution is -2.23. The molecule has 0 heterocycles. The van der Waals surface area contributed by atoms with Crippen LogP contribution in [-0.2, 0) is 0 Å². The van der Waals surface area contributed by atoms with Gasteiger partial charge < -0.3 is 0 Å². The molecule has 0 saturated carbocycles. The first-order valence-electron chi connectivity index (χ1n) is 5.68. The summed E-state index contributed by atoms with van der Waals surface area (Å²) in [4.78, 5) is 0. The maximum absolute atomic E-state index is 2.45. The first-order valence-corrected chi connectivity index (χ1v) is 9.18. The second-order valence-electron chi connectivity index (χ2n) is 4.87. The Labute approximate surface area is 85.4 Å². The summed E-state index contributed by atoms with van der Waals surface area (Å²) < 4.78 is 0. The van der Waals surface area contributed by atoms with Crippen molar-refractivity contribution in [2.75, 3.05) is 0 Å². The summed E-state index contributed by atoms with van der Waals surface area (Å²) >= 11 is 0. The quantitative estimate of drug-likeness (QED) is 0.425. The summed E-state index contributed by atoms with van der Waals surface area (Å²) in [5, 5.41) is 1.75. The second-order valence-corrected chi connectivity index (χ2v) is 10.0. The van der Waals surface area contributed by atoms with Gasteiger partial charge in [-0.1, -0.05) is 57.1 Å². The molecule has 0 amide bonds. The summed E-state index contributed by atoms with van der Waals surface area (Å²) in [5.74, 6) is 0. The molecule has 0 fully saturated rings. The molecule has 0 radical (unpaired) electrons. The zero-order valence-electron chi connectivity index (χ0n) is 10.1. The third kappa shape index (κ3) is 6.09. The van der Waals surface area contributed by atoms with Crippen molar-refractivity contribution in [1.29, 1.82) is 0 Å².